The number of hydrogen-bond acceptors (Lipinski definition) is 3. The highest BCUT2D eigenvalue weighted by Crippen LogP contribution is 2.24. The van der Waals surface area contributed by atoms with E-state index in [0.29, 0.717) is 26.2 Å². The summed E-state index contributed by atoms with van der Waals surface area (Å²) in [4.78, 5) is 13.7. The van der Waals surface area contributed by atoms with Gasteiger partial charge in [-0.2, -0.15) is 0 Å². The summed E-state index contributed by atoms with van der Waals surface area (Å²) < 4.78 is 5.65. The maximum atomic E-state index is 11.9. The van der Waals surface area contributed by atoms with Crippen molar-refractivity contribution in [3.8, 4) is 5.75 Å². The standard InChI is InChI=1S/C13H18N2O2/c1-10-3-4-12-11(7-10)9-15(5-6-17-12)13(16)8-14-2/h3-4,7,14H,5-6,8-9H2,1-2H3. The number of ether oxygens (including phenoxy) is 1. The van der Waals surface area contributed by atoms with E-state index in [0.717, 1.165) is 11.3 Å². The number of fused-ring (bicyclic) bond motifs is 1. The third-order valence-corrected chi connectivity index (χ3v) is 2.88. The number of hydrogen-bond donors (Lipinski definition) is 1. The van der Waals surface area contributed by atoms with Gasteiger partial charge in [-0.15, -0.1) is 0 Å². The predicted octanol–water partition coefficient (Wildman–Crippen LogP) is 0.935. The van der Waals surface area contributed by atoms with Gasteiger partial charge in [0.25, 0.3) is 0 Å². The fourth-order valence-electron chi connectivity index (χ4n) is 2.00. The molecule has 4 nitrogen and oxygen atoms in total. The van der Waals surface area contributed by atoms with Gasteiger partial charge in [-0.05, 0) is 20.0 Å². The second-order valence-corrected chi connectivity index (χ2v) is 4.31. The minimum Gasteiger partial charge on any atom is -0.491 e. The lowest BCUT2D eigenvalue weighted by atomic mass is 10.1. The van der Waals surface area contributed by atoms with Crippen molar-refractivity contribution < 1.29 is 9.53 Å². The maximum absolute atomic E-state index is 11.9. The molecule has 1 heterocycles. The fourth-order valence-corrected chi connectivity index (χ4v) is 2.00. The van der Waals surface area contributed by atoms with Crippen LogP contribution in [-0.2, 0) is 11.3 Å². The Morgan fingerprint density at radius 1 is 1.53 bits per heavy atom. The summed E-state index contributed by atoms with van der Waals surface area (Å²) >= 11 is 0. The molecule has 0 radical (unpaired) electrons. The summed E-state index contributed by atoms with van der Waals surface area (Å²) in [5, 5.41) is 2.89. The molecule has 0 saturated carbocycles. The zero-order valence-electron chi connectivity index (χ0n) is 10.3. The van der Waals surface area contributed by atoms with E-state index in [-0.39, 0.29) is 5.91 Å². The molecule has 0 spiro atoms. The second-order valence-electron chi connectivity index (χ2n) is 4.31. The zero-order valence-corrected chi connectivity index (χ0v) is 10.3. The molecule has 0 atom stereocenters. The van der Waals surface area contributed by atoms with Gasteiger partial charge in [0, 0.05) is 12.1 Å². The van der Waals surface area contributed by atoms with Crippen molar-refractivity contribution >= 4 is 5.91 Å². The lowest BCUT2D eigenvalue weighted by Crippen LogP contribution is -2.37. The number of carbonyl (C=O) groups excluding carboxylic acids is 1. The lowest BCUT2D eigenvalue weighted by molar-refractivity contribution is -0.130. The monoisotopic (exact) mass is 234 g/mol. The molecule has 2 rings (SSSR count). The number of rotatable bonds is 2. The van der Waals surface area contributed by atoms with Crippen LogP contribution in [0.2, 0.25) is 0 Å². The van der Waals surface area contributed by atoms with Crippen LogP contribution in [0.5, 0.6) is 5.75 Å². The van der Waals surface area contributed by atoms with Crippen LogP contribution in [0, 0.1) is 6.92 Å². The van der Waals surface area contributed by atoms with Gasteiger partial charge in [-0.3, -0.25) is 4.79 Å². The highest BCUT2D eigenvalue weighted by atomic mass is 16.5. The van der Waals surface area contributed by atoms with E-state index >= 15 is 0 Å². The van der Waals surface area contributed by atoms with Crippen LogP contribution in [0.4, 0.5) is 0 Å². The first-order valence-electron chi connectivity index (χ1n) is 5.85. The number of nitrogens with one attached hydrogen (secondary N) is 1. The molecule has 17 heavy (non-hydrogen) atoms. The van der Waals surface area contributed by atoms with Gasteiger partial charge in [-0.1, -0.05) is 17.7 Å². The Hall–Kier alpha value is -1.55. The molecule has 1 amide bonds. The van der Waals surface area contributed by atoms with E-state index in [1.807, 2.05) is 24.0 Å². The van der Waals surface area contributed by atoms with Gasteiger partial charge in [0.05, 0.1) is 13.1 Å². The van der Waals surface area contributed by atoms with Crippen molar-refractivity contribution in [1.82, 2.24) is 10.2 Å². The Labute approximate surface area is 102 Å². The minimum absolute atomic E-state index is 0.116. The van der Waals surface area contributed by atoms with Crippen LogP contribution in [-0.4, -0.2) is 37.6 Å². The fraction of sp³-hybridized carbons (Fsp3) is 0.462. The van der Waals surface area contributed by atoms with Crippen molar-refractivity contribution in [1.29, 1.82) is 0 Å². The molecular formula is C13H18N2O2. The molecule has 0 bridgehead atoms. The van der Waals surface area contributed by atoms with Gasteiger partial charge in [-0.25, -0.2) is 0 Å². The molecule has 0 aromatic heterocycles. The molecule has 1 aromatic carbocycles. The smallest absolute Gasteiger partial charge is 0.236 e. The Bertz CT molecular complexity index is 418. The molecule has 1 aromatic rings. The topological polar surface area (TPSA) is 41.6 Å². The average molecular weight is 234 g/mol. The Morgan fingerprint density at radius 3 is 3.12 bits per heavy atom. The SMILES string of the molecule is CNCC(=O)N1CCOc2ccc(C)cc2C1. The van der Waals surface area contributed by atoms with Crippen molar-refractivity contribution in [3.63, 3.8) is 0 Å². The highest BCUT2D eigenvalue weighted by Gasteiger charge is 2.18. The van der Waals surface area contributed by atoms with E-state index in [4.69, 9.17) is 4.74 Å². The van der Waals surface area contributed by atoms with Crippen LogP contribution in [0.3, 0.4) is 0 Å². The van der Waals surface area contributed by atoms with Gasteiger partial charge in [0.2, 0.25) is 5.91 Å². The number of aryl methyl sites for hydroxylation is 1. The van der Waals surface area contributed by atoms with E-state index in [2.05, 4.69) is 11.4 Å². The third kappa shape index (κ3) is 2.77. The number of carbonyl (C=O) groups is 1. The molecule has 0 fully saturated rings. The molecule has 1 aliphatic heterocycles. The van der Waals surface area contributed by atoms with Gasteiger partial charge < -0.3 is 15.0 Å². The van der Waals surface area contributed by atoms with Gasteiger partial charge in [0.1, 0.15) is 12.4 Å². The molecule has 0 saturated heterocycles. The number of nitrogens with zero attached hydrogens (tertiary/aromatic N) is 1. The molecule has 0 aliphatic carbocycles. The van der Waals surface area contributed by atoms with Gasteiger partial charge >= 0.3 is 0 Å². The number of benzene rings is 1. The van der Waals surface area contributed by atoms with Crippen molar-refractivity contribution in [2.45, 2.75) is 13.5 Å². The predicted molar refractivity (Wildman–Crippen MR) is 66.0 cm³/mol. The molecule has 4 heteroatoms. The van der Waals surface area contributed by atoms with E-state index in [9.17, 15) is 4.79 Å². The first kappa shape index (κ1) is 11.9. The van der Waals surface area contributed by atoms with Gasteiger partial charge in [0.15, 0.2) is 0 Å². The summed E-state index contributed by atoms with van der Waals surface area (Å²) in [6, 6.07) is 6.10. The van der Waals surface area contributed by atoms with Crippen LogP contribution in [0.25, 0.3) is 0 Å². The minimum atomic E-state index is 0.116. The van der Waals surface area contributed by atoms with Crippen molar-refractivity contribution in [2.24, 2.45) is 0 Å². The lowest BCUT2D eigenvalue weighted by Gasteiger charge is -2.19. The van der Waals surface area contributed by atoms with Crippen LogP contribution in [0.15, 0.2) is 18.2 Å². The molecule has 92 valence electrons. The Morgan fingerprint density at radius 2 is 2.35 bits per heavy atom. The summed E-state index contributed by atoms with van der Waals surface area (Å²) in [5.74, 6) is 1.01. The summed E-state index contributed by atoms with van der Waals surface area (Å²) in [7, 11) is 1.78. The first-order valence-corrected chi connectivity index (χ1v) is 5.85. The van der Waals surface area contributed by atoms with Crippen molar-refractivity contribution in [3.05, 3.63) is 29.3 Å². The highest BCUT2D eigenvalue weighted by molar-refractivity contribution is 5.78. The van der Waals surface area contributed by atoms with Crippen molar-refractivity contribution in [2.75, 3.05) is 26.7 Å². The molecular weight excluding hydrogens is 216 g/mol. The second kappa shape index (κ2) is 5.19. The van der Waals surface area contributed by atoms with E-state index in [1.54, 1.807) is 7.05 Å². The quantitative estimate of drug-likeness (QED) is 0.828. The number of amides is 1. The summed E-state index contributed by atoms with van der Waals surface area (Å²) in [6.07, 6.45) is 0. The average Bonchev–Trinajstić information content (AvgIpc) is 2.50. The Kier molecular flexibility index (Phi) is 3.64. The first-order chi connectivity index (χ1) is 8.20. The number of likely N-dealkylation sites (N-methyl/N-ethyl adjacent to an activating group) is 1. The van der Waals surface area contributed by atoms with Crippen LogP contribution >= 0.6 is 0 Å². The van der Waals surface area contributed by atoms with E-state index in [1.165, 1.54) is 5.56 Å². The third-order valence-electron chi connectivity index (χ3n) is 2.88. The largest absolute Gasteiger partial charge is 0.491 e. The normalized spacial score (nSPS) is 14.8. The Balaban J connectivity index is 2.18. The summed E-state index contributed by atoms with van der Waals surface area (Å²) in [5.41, 5.74) is 2.28. The van der Waals surface area contributed by atoms with Crippen LogP contribution in [0.1, 0.15) is 11.1 Å². The van der Waals surface area contributed by atoms with Crippen LogP contribution < -0.4 is 10.1 Å². The molecule has 1 aliphatic rings. The zero-order chi connectivity index (χ0) is 12.3. The molecule has 0 unspecified atom stereocenters. The maximum Gasteiger partial charge on any atom is 0.236 e. The summed E-state index contributed by atoms with van der Waals surface area (Å²) in [6.45, 7) is 4.27. The van der Waals surface area contributed by atoms with E-state index < -0.39 is 0 Å². The molecule has 1 N–H and O–H groups in total.